The van der Waals surface area contributed by atoms with Gasteiger partial charge in [0, 0.05) is 6.54 Å². The first-order valence-electron chi connectivity index (χ1n) is 7.45. The van der Waals surface area contributed by atoms with E-state index in [4.69, 9.17) is 5.73 Å². The van der Waals surface area contributed by atoms with Crippen molar-refractivity contribution < 1.29 is 13.9 Å². The SMILES string of the molecule is Nc1nc(NCc2ccc(F)cc2)nc(-c2c(F)cccc2CO)n1. The predicted molar refractivity (Wildman–Crippen MR) is 89.3 cm³/mol. The number of nitrogens with zero attached hydrogens (tertiary/aromatic N) is 3. The minimum atomic E-state index is -0.568. The van der Waals surface area contributed by atoms with Crippen molar-refractivity contribution in [2.24, 2.45) is 0 Å². The third kappa shape index (κ3) is 3.86. The van der Waals surface area contributed by atoms with Crippen molar-refractivity contribution >= 4 is 11.9 Å². The van der Waals surface area contributed by atoms with Gasteiger partial charge in [0.25, 0.3) is 0 Å². The van der Waals surface area contributed by atoms with E-state index < -0.39 is 5.82 Å². The van der Waals surface area contributed by atoms with Crippen molar-refractivity contribution in [3.8, 4) is 11.4 Å². The summed E-state index contributed by atoms with van der Waals surface area (Å²) in [6.07, 6.45) is 0. The number of aliphatic hydroxyl groups is 1. The van der Waals surface area contributed by atoms with E-state index in [1.807, 2.05) is 0 Å². The number of aliphatic hydroxyl groups excluding tert-OH is 1. The van der Waals surface area contributed by atoms with Gasteiger partial charge < -0.3 is 16.2 Å². The van der Waals surface area contributed by atoms with Crippen LogP contribution in [0.3, 0.4) is 0 Å². The van der Waals surface area contributed by atoms with Gasteiger partial charge in [-0.25, -0.2) is 8.78 Å². The molecular formula is C17H15F2N5O. The molecule has 0 saturated heterocycles. The van der Waals surface area contributed by atoms with Gasteiger partial charge in [-0.05, 0) is 29.3 Å². The van der Waals surface area contributed by atoms with Crippen molar-refractivity contribution in [2.75, 3.05) is 11.1 Å². The van der Waals surface area contributed by atoms with Crippen LogP contribution in [-0.4, -0.2) is 20.1 Å². The first kappa shape index (κ1) is 16.7. The van der Waals surface area contributed by atoms with E-state index in [1.165, 1.54) is 24.3 Å². The molecule has 3 aromatic rings. The molecule has 128 valence electrons. The number of hydrogen-bond acceptors (Lipinski definition) is 6. The molecule has 0 aliphatic rings. The molecule has 4 N–H and O–H groups in total. The molecule has 0 aliphatic carbocycles. The lowest BCUT2D eigenvalue weighted by Crippen LogP contribution is -2.09. The maximum Gasteiger partial charge on any atom is 0.228 e. The molecule has 0 unspecified atom stereocenters. The maximum atomic E-state index is 14.2. The minimum Gasteiger partial charge on any atom is -0.392 e. The zero-order valence-corrected chi connectivity index (χ0v) is 13.1. The van der Waals surface area contributed by atoms with Gasteiger partial charge in [0.1, 0.15) is 11.6 Å². The molecule has 8 heteroatoms. The molecule has 6 nitrogen and oxygen atoms in total. The number of rotatable bonds is 5. The number of hydrogen-bond donors (Lipinski definition) is 3. The summed E-state index contributed by atoms with van der Waals surface area (Å²) in [6.45, 7) is -0.0374. The Morgan fingerprint density at radius 1 is 1.00 bits per heavy atom. The van der Waals surface area contributed by atoms with Crippen LogP contribution in [0.1, 0.15) is 11.1 Å². The molecule has 0 fully saturated rings. The molecule has 0 atom stereocenters. The molecule has 1 heterocycles. The van der Waals surface area contributed by atoms with Gasteiger partial charge >= 0.3 is 0 Å². The van der Waals surface area contributed by atoms with Crippen LogP contribution in [0.15, 0.2) is 42.5 Å². The van der Waals surface area contributed by atoms with Crippen molar-refractivity contribution in [1.82, 2.24) is 15.0 Å². The lowest BCUT2D eigenvalue weighted by Gasteiger charge is -2.10. The Morgan fingerprint density at radius 2 is 1.76 bits per heavy atom. The van der Waals surface area contributed by atoms with Crippen LogP contribution >= 0.6 is 0 Å². The fraction of sp³-hybridized carbons (Fsp3) is 0.118. The van der Waals surface area contributed by atoms with Crippen LogP contribution < -0.4 is 11.1 Å². The highest BCUT2D eigenvalue weighted by Crippen LogP contribution is 2.25. The number of aromatic nitrogens is 3. The summed E-state index contributed by atoms with van der Waals surface area (Å²) < 4.78 is 27.1. The predicted octanol–water partition coefficient (Wildman–Crippen LogP) is 2.50. The standard InChI is InChI=1S/C17H15F2N5O/c18-12-6-4-10(5-7-12)8-21-17-23-15(22-16(20)24-17)14-11(9-25)2-1-3-13(14)19/h1-7,25H,8-9H2,(H3,20,21,22,23,24). The highest BCUT2D eigenvalue weighted by atomic mass is 19.1. The first-order chi connectivity index (χ1) is 12.1. The van der Waals surface area contributed by atoms with Crippen molar-refractivity contribution in [1.29, 1.82) is 0 Å². The normalized spacial score (nSPS) is 10.7. The first-order valence-corrected chi connectivity index (χ1v) is 7.45. The number of nitrogen functional groups attached to an aromatic ring is 1. The number of nitrogens with two attached hydrogens (primary N) is 1. The molecule has 0 radical (unpaired) electrons. The molecule has 2 aromatic carbocycles. The summed E-state index contributed by atoms with van der Waals surface area (Å²) >= 11 is 0. The van der Waals surface area contributed by atoms with Crippen molar-refractivity contribution in [2.45, 2.75) is 13.2 Å². The Kier molecular flexibility index (Phi) is 4.80. The van der Waals surface area contributed by atoms with E-state index in [0.29, 0.717) is 12.1 Å². The Bertz CT molecular complexity index is 887. The number of benzene rings is 2. The zero-order valence-electron chi connectivity index (χ0n) is 13.1. The van der Waals surface area contributed by atoms with Gasteiger partial charge in [0.2, 0.25) is 11.9 Å². The summed E-state index contributed by atoms with van der Waals surface area (Å²) in [4.78, 5) is 12.1. The van der Waals surface area contributed by atoms with Crippen molar-refractivity contribution in [3.63, 3.8) is 0 Å². The van der Waals surface area contributed by atoms with Gasteiger partial charge in [0.15, 0.2) is 5.82 Å². The average molecular weight is 343 g/mol. The second-order valence-electron chi connectivity index (χ2n) is 5.25. The topological polar surface area (TPSA) is 97.0 Å². The maximum absolute atomic E-state index is 14.2. The van der Waals surface area contributed by atoms with Gasteiger partial charge in [0.05, 0.1) is 12.2 Å². The highest BCUT2D eigenvalue weighted by molar-refractivity contribution is 5.62. The van der Waals surface area contributed by atoms with Gasteiger partial charge in [-0.2, -0.15) is 15.0 Å². The Labute approximate surface area is 142 Å². The molecular weight excluding hydrogens is 328 g/mol. The fourth-order valence-electron chi connectivity index (χ4n) is 2.32. The van der Waals surface area contributed by atoms with Crippen LogP contribution in [0.4, 0.5) is 20.7 Å². The molecule has 0 aliphatic heterocycles. The van der Waals surface area contributed by atoms with Gasteiger partial charge in [-0.1, -0.05) is 24.3 Å². The number of nitrogens with one attached hydrogen (secondary N) is 1. The lowest BCUT2D eigenvalue weighted by atomic mass is 10.1. The van der Waals surface area contributed by atoms with E-state index in [2.05, 4.69) is 20.3 Å². The third-order valence-electron chi connectivity index (χ3n) is 3.51. The second-order valence-corrected chi connectivity index (χ2v) is 5.25. The van der Waals surface area contributed by atoms with Gasteiger partial charge in [-0.3, -0.25) is 0 Å². The Morgan fingerprint density at radius 3 is 2.48 bits per heavy atom. The summed E-state index contributed by atoms with van der Waals surface area (Å²) in [5.74, 6) is -0.804. The summed E-state index contributed by atoms with van der Waals surface area (Å²) in [6, 6.07) is 10.2. The monoisotopic (exact) mass is 343 g/mol. The second kappa shape index (κ2) is 7.18. The van der Waals surface area contributed by atoms with E-state index in [9.17, 15) is 13.9 Å². The Hall–Kier alpha value is -3.13. The van der Waals surface area contributed by atoms with Crippen LogP contribution in [0.5, 0.6) is 0 Å². The van der Waals surface area contributed by atoms with Gasteiger partial charge in [-0.15, -0.1) is 0 Å². The zero-order chi connectivity index (χ0) is 17.8. The minimum absolute atomic E-state index is 0.0243. The quantitative estimate of drug-likeness (QED) is 0.659. The van der Waals surface area contributed by atoms with E-state index in [-0.39, 0.29) is 35.7 Å². The Balaban J connectivity index is 1.90. The molecule has 0 saturated carbocycles. The van der Waals surface area contributed by atoms with E-state index in [1.54, 1.807) is 18.2 Å². The summed E-state index contributed by atoms with van der Waals surface area (Å²) in [5.41, 5.74) is 6.92. The average Bonchev–Trinajstić information content (AvgIpc) is 2.60. The van der Waals surface area contributed by atoms with Crippen molar-refractivity contribution in [3.05, 3.63) is 65.2 Å². The summed E-state index contributed by atoms with van der Waals surface area (Å²) in [7, 11) is 0. The van der Waals surface area contributed by atoms with Crippen LogP contribution in [0.2, 0.25) is 0 Å². The van der Waals surface area contributed by atoms with E-state index >= 15 is 0 Å². The fourth-order valence-corrected chi connectivity index (χ4v) is 2.32. The molecule has 3 rings (SSSR count). The van der Waals surface area contributed by atoms with Crippen LogP contribution in [0.25, 0.3) is 11.4 Å². The highest BCUT2D eigenvalue weighted by Gasteiger charge is 2.15. The molecule has 0 amide bonds. The summed E-state index contributed by atoms with van der Waals surface area (Å²) in [5, 5.41) is 12.3. The largest absolute Gasteiger partial charge is 0.392 e. The molecule has 25 heavy (non-hydrogen) atoms. The smallest absolute Gasteiger partial charge is 0.228 e. The molecule has 0 bridgehead atoms. The lowest BCUT2D eigenvalue weighted by molar-refractivity contribution is 0.282. The van der Waals surface area contributed by atoms with E-state index in [0.717, 1.165) is 5.56 Å². The molecule has 1 aromatic heterocycles. The third-order valence-corrected chi connectivity index (χ3v) is 3.51. The van der Waals surface area contributed by atoms with Crippen LogP contribution in [0, 0.1) is 11.6 Å². The molecule has 0 spiro atoms. The van der Waals surface area contributed by atoms with Crippen LogP contribution in [-0.2, 0) is 13.2 Å². The number of anilines is 2. The number of halogens is 2.